The van der Waals surface area contributed by atoms with Gasteiger partial charge in [0.2, 0.25) is 5.12 Å². The molecule has 0 bridgehead atoms. The molecule has 2 aliphatic rings. The van der Waals surface area contributed by atoms with E-state index in [1.807, 2.05) is 37.6 Å². The van der Waals surface area contributed by atoms with Gasteiger partial charge < -0.3 is 4.90 Å². The van der Waals surface area contributed by atoms with Crippen LogP contribution in [0.1, 0.15) is 13.8 Å². The maximum Gasteiger partial charge on any atom is 0.224 e. The fraction of sp³-hybridized carbons (Fsp3) is 0.250. The topological polar surface area (TPSA) is 20.3 Å². The lowest BCUT2D eigenvalue weighted by atomic mass is 10.1. The number of hydrogen-bond acceptors (Lipinski definition) is 3. The van der Waals surface area contributed by atoms with E-state index in [1.54, 1.807) is 0 Å². The molecule has 0 N–H and O–H groups in total. The Hall–Kier alpha value is -1.22. The molecule has 15 heavy (non-hydrogen) atoms. The summed E-state index contributed by atoms with van der Waals surface area (Å²) in [7, 11) is 0. The van der Waals surface area contributed by atoms with Crippen LogP contribution in [0.4, 0.5) is 0 Å². The van der Waals surface area contributed by atoms with Gasteiger partial charge in [0.15, 0.2) is 0 Å². The lowest BCUT2D eigenvalue weighted by molar-refractivity contribution is -0.107. The van der Waals surface area contributed by atoms with Crippen molar-refractivity contribution in [1.82, 2.24) is 4.90 Å². The van der Waals surface area contributed by atoms with Crippen LogP contribution in [0, 0.1) is 0 Å². The lowest BCUT2D eigenvalue weighted by Crippen LogP contribution is -2.10. The Kier molecular flexibility index (Phi) is 2.82. The van der Waals surface area contributed by atoms with Crippen LogP contribution >= 0.6 is 11.8 Å². The SMILES string of the molecule is CCN1C=CC(=C2C=C(C)SC2=O)C=C1. The van der Waals surface area contributed by atoms with Crippen molar-refractivity contribution in [3.63, 3.8) is 0 Å². The maximum absolute atomic E-state index is 11.6. The van der Waals surface area contributed by atoms with E-state index in [-0.39, 0.29) is 5.12 Å². The van der Waals surface area contributed by atoms with Crippen molar-refractivity contribution < 1.29 is 4.79 Å². The number of allylic oxidation sites excluding steroid dienone is 5. The minimum Gasteiger partial charge on any atom is -0.354 e. The van der Waals surface area contributed by atoms with E-state index in [4.69, 9.17) is 0 Å². The van der Waals surface area contributed by atoms with Crippen LogP contribution in [-0.4, -0.2) is 16.6 Å². The average molecular weight is 219 g/mol. The highest BCUT2D eigenvalue weighted by Gasteiger charge is 2.19. The first kappa shape index (κ1) is 10.3. The quantitative estimate of drug-likeness (QED) is 0.632. The van der Waals surface area contributed by atoms with E-state index < -0.39 is 0 Å². The van der Waals surface area contributed by atoms with Crippen molar-refractivity contribution in [2.75, 3.05) is 6.54 Å². The summed E-state index contributed by atoms with van der Waals surface area (Å²) in [5.74, 6) is 0. The summed E-state index contributed by atoms with van der Waals surface area (Å²) in [4.78, 5) is 14.8. The summed E-state index contributed by atoms with van der Waals surface area (Å²) in [6.07, 6.45) is 9.95. The van der Waals surface area contributed by atoms with E-state index >= 15 is 0 Å². The number of rotatable bonds is 1. The number of hydrogen-bond donors (Lipinski definition) is 0. The average Bonchev–Trinajstić information content (AvgIpc) is 2.58. The predicted molar refractivity (Wildman–Crippen MR) is 64.0 cm³/mol. The third kappa shape index (κ3) is 2.07. The first-order valence-corrected chi connectivity index (χ1v) is 5.79. The van der Waals surface area contributed by atoms with Gasteiger partial charge in [-0.2, -0.15) is 0 Å². The summed E-state index contributed by atoms with van der Waals surface area (Å²) < 4.78 is 0. The zero-order valence-electron chi connectivity index (χ0n) is 8.86. The fourth-order valence-electron chi connectivity index (χ4n) is 1.54. The molecule has 0 aromatic carbocycles. The highest BCUT2D eigenvalue weighted by Crippen LogP contribution is 2.32. The molecule has 0 amide bonds. The van der Waals surface area contributed by atoms with Gasteiger partial charge in [0.05, 0.1) is 0 Å². The largest absolute Gasteiger partial charge is 0.354 e. The molecule has 78 valence electrons. The van der Waals surface area contributed by atoms with Crippen LogP contribution < -0.4 is 0 Å². The molecule has 3 heteroatoms. The molecule has 0 fully saturated rings. The van der Waals surface area contributed by atoms with Gasteiger partial charge in [-0.25, -0.2) is 0 Å². The van der Waals surface area contributed by atoms with Gasteiger partial charge in [-0.1, -0.05) is 11.8 Å². The zero-order valence-corrected chi connectivity index (χ0v) is 9.67. The molecule has 0 atom stereocenters. The summed E-state index contributed by atoms with van der Waals surface area (Å²) in [5, 5.41) is 0.154. The monoisotopic (exact) mass is 219 g/mol. The molecule has 0 aromatic rings. The Bertz CT molecular complexity index is 399. The van der Waals surface area contributed by atoms with Gasteiger partial charge in [0, 0.05) is 24.5 Å². The highest BCUT2D eigenvalue weighted by molar-refractivity contribution is 8.17. The standard InChI is InChI=1S/C12H13NOS/c1-3-13-6-4-10(5-7-13)11-8-9(2)15-12(11)14/h4-8H,3H2,1-2H3. The third-order valence-electron chi connectivity index (χ3n) is 2.39. The van der Waals surface area contributed by atoms with E-state index in [9.17, 15) is 4.79 Å². The smallest absolute Gasteiger partial charge is 0.224 e. The number of carbonyl (C=O) groups excluding carboxylic acids is 1. The highest BCUT2D eigenvalue weighted by atomic mass is 32.2. The van der Waals surface area contributed by atoms with Gasteiger partial charge >= 0.3 is 0 Å². The Morgan fingerprint density at radius 3 is 2.47 bits per heavy atom. The first-order chi connectivity index (χ1) is 7.20. The third-order valence-corrected chi connectivity index (χ3v) is 3.23. The summed E-state index contributed by atoms with van der Waals surface area (Å²) in [6.45, 7) is 5.01. The molecule has 0 saturated carbocycles. The molecule has 2 rings (SSSR count). The minimum absolute atomic E-state index is 0.154. The number of thioether (sulfide) groups is 1. The van der Waals surface area contributed by atoms with Crippen LogP contribution in [0.15, 0.2) is 46.7 Å². The molecule has 0 saturated heterocycles. The van der Waals surface area contributed by atoms with Crippen molar-refractivity contribution in [3.8, 4) is 0 Å². The Labute approximate surface area is 94.0 Å². The van der Waals surface area contributed by atoms with Crippen molar-refractivity contribution in [1.29, 1.82) is 0 Å². The second-order valence-electron chi connectivity index (χ2n) is 3.48. The summed E-state index contributed by atoms with van der Waals surface area (Å²) >= 11 is 1.31. The number of carbonyl (C=O) groups is 1. The van der Waals surface area contributed by atoms with Gasteiger partial charge in [0.25, 0.3) is 0 Å². The molecular weight excluding hydrogens is 206 g/mol. The second kappa shape index (κ2) is 4.11. The van der Waals surface area contributed by atoms with Gasteiger partial charge in [-0.05, 0) is 42.6 Å². The van der Waals surface area contributed by atoms with E-state index in [0.29, 0.717) is 0 Å². The normalized spacial score (nSPS) is 20.3. The molecule has 2 aliphatic heterocycles. The maximum atomic E-state index is 11.6. The number of nitrogens with zero attached hydrogens (tertiary/aromatic N) is 1. The van der Waals surface area contributed by atoms with Crippen molar-refractivity contribution in [2.45, 2.75) is 13.8 Å². The zero-order chi connectivity index (χ0) is 10.8. The van der Waals surface area contributed by atoms with Crippen molar-refractivity contribution in [2.24, 2.45) is 0 Å². The molecule has 0 aliphatic carbocycles. The van der Waals surface area contributed by atoms with Crippen LogP contribution in [-0.2, 0) is 4.79 Å². The molecule has 0 radical (unpaired) electrons. The first-order valence-electron chi connectivity index (χ1n) is 4.97. The second-order valence-corrected chi connectivity index (χ2v) is 4.69. The van der Waals surface area contributed by atoms with Crippen LogP contribution in [0.5, 0.6) is 0 Å². The lowest BCUT2D eigenvalue weighted by Gasteiger charge is -2.16. The fourth-order valence-corrected chi connectivity index (χ4v) is 2.30. The van der Waals surface area contributed by atoms with Gasteiger partial charge in [-0.3, -0.25) is 4.79 Å². The summed E-state index contributed by atoms with van der Waals surface area (Å²) in [6, 6.07) is 0. The molecule has 0 spiro atoms. The Morgan fingerprint density at radius 2 is 2.00 bits per heavy atom. The molecule has 0 aromatic heterocycles. The van der Waals surface area contributed by atoms with Crippen LogP contribution in [0.3, 0.4) is 0 Å². The Balaban J connectivity index is 2.30. The molecular formula is C12H13NOS. The summed E-state index contributed by atoms with van der Waals surface area (Å²) in [5.41, 5.74) is 1.83. The predicted octanol–water partition coefficient (Wildman–Crippen LogP) is 2.82. The Morgan fingerprint density at radius 1 is 1.33 bits per heavy atom. The van der Waals surface area contributed by atoms with E-state index in [0.717, 1.165) is 22.6 Å². The van der Waals surface area contributed by atoms with E-state index in [1.165, 1.54) is 11.8 Å². The molecule has 2 nitrogen and oxygen atoms in total. The van der Waals surface area contributed by atoms with E-state index in [2.05, 4.69) is 11.8 Å². The van der Waals surface area contributed by atoms with Crippen LogP contribution in [0.2, 0.25) is 0 Å². The van der Waals surface area contributed by atoms with Crippen molar-refractivity contribution in [3.05, 3.63) is 46.7 Å². The molecule has 0 unspecified atom stereocenters. The minimum atomic E-state index is 0.154. The van der Waals surface area contributed by atoms with Gasteiger partial charge in [0.1, 0.15) is 0 Å². The van der Waals surface area contributed by atoms with Crippen molar-refractivity contribution >= 4 is 16.9 Å². The van der Waals surface area contributed by atoms with Crippen LogP contribution in [0.25, 0.3) is 0 Å². The van der Waals surface area contributed by atoms with Gasteiger partial charge in [-0.15, -0.1) is 0 Å². The molecule has 2 heterocycles.